The van der Waals surface area contributed by atoms with Crippen molar-refractivity contribution in [3.05, 3.63) is 0 Å². The lowest BCUT2D eigenvalue weighted by atomic mass is 10.1. The molecule has 0 heterocycles. The fourth-order valence-corrected chi connectivity index (χ4v) is 1.13. The van der Waals surface area contributed by atoms with Crippen LogP contribution < -0.4 is 0 Å². The number of rotatable bonds is 6. The quantitative estimate of drug-likeness (QED) is 0.663. The summed E-state index contributed by atoms with van der Waals surface area (Å²) in [5.74, 6) is -0.702. The maximum atomic E-state index is 10.3. The normalized spacial score (nSPS) is 13.3. The first kappa shape index (κ1) is 11.4. The number of carboxylic acids is 1. The van der Waals surface area contributed by atoms with Gasteiger partial charge in [-0.2, -0.15) is 0 Å². The van der Waals surface area contributed by atoms with Gasteiger partial charge in [-0.1, -0.05) is 6.92 Å². The Hall–Kier alpha value is -0.570. The van der Waals surface area contributed by atoms with Gasteiger partial charge in [0.2, 0.25) is 0 Å². The van der Waals surface area contributed by atoms with E-state index in [0.717, 1.165) is 19.4 Å². The minimum Gasteiger partial charge on any atom is -0.481 e. The fraction of sp³-hybridized carbons (Fsp3) is 0.889. The lowest BCUT2D eigenvalue weighted by molar-refractivity contribution is -0.137. The minimum absolute atomic E-state index is 0.273. The minimum atomic E-state index is -0.702. The Morgan fingerprint density at radius 2 is 2.17 bits per heavy atom. The monoisotopic (exact) mass is 173 g/mol. The Morgan fingerprint density at radius 3 is 2.58 bits per heavy atom. The van der Waals surface area contributed by atoms with Gasteiger partial charge in [-0.25, -0.2) is 0 Å². The van der Waals surface area contributed by atoms with E-state index in [-0.39, 0.29) is 6.42 Å². The second kappa shape index (κ2) is 6.00. The van der Waals surface area contributed by atoms with E-state index >= 15 is 0 Å². The van der Waals surface area contributed by atoms with Gasteiger partial charge in [0.25, 0.3) is 0 Å². The van der Waals surface area contributed by atoms with Crippen LogP contribution >= 0.6 is 0 Å². The van der Waals surface area contributed by atoms with E-state index in [1.165, 1.54) is 0 Å². The van der Waals surface area contributed by atoms with Crippen LogP contribution in [0.2, 0.25) is 0 Å². The van der Waals surface area contributed by atoms with E-state index < -0.39 is 5.97 Å². The molecular weight excluding hydrogens is 154 g/mol. The Balaban J connectivity index is 3.55. The summed E-state index contributed by atoms with van der Waals surface area (Å²) in [6.45, 7) is 5.24. The number of nitrogens with zero attached hydrogens (tertiary/aromatic N) is 1. The van der Waals surface area contributed by atoms with Crippen molar-refractivity contribution in [2.45, 2.75) is 39.2 Å². The zero-order chi connectivity index (χ0) is 9.56. The third-order valence-corrected chi connectivity index (χ3v) is 2.10. The Morgan fingerprint density at radius 1 is 1.58 bits per heavy atom. The molecule has 0 saturated heterocycles. The molecule has 12 heavy (non-hydrogen) atoms. The van der Waals surface area contributed by atoms with Crippen molar-refractivity contribution >= 4 is 5.97 Å². The molecule has 0 bridgehead atoms. The van der Waals surface area contributed by atoms with Crippen LogP contribution in [0.5, 0.6) is 0 Å². The molecule has 0 aliphatic carbocycles. The van der Waals surface area contributed by atoms with E-state index in [1.807, 2.05) is 7.05 Å². The van der Waals surface area contributed by atoms with E-state index in [9.17, 15) is 4.79 Å². The van der Waals surface area contributed by atoms with Crippen LogP contribution in [0.15, 0.2) is 0 Å². The van der Waals surface area contributed by atoms with Crippen molar-refractivity contribution in [2.75, 3.05) is 13.6 Å². The maximum Gasteiger partial charge on any atom is 0.303 e. The van der Waals surface area contributed by atoms with Gasteiger partial charge in [-0.15, -0.1) is 0 Å². The second-order valence-corrected chi connectivity index (χ2v) is 3.26. The molecule has 72 valence electrons. The predicted octanol–water partition coefficient (Wildman–Crippen LogP) is 1.58. The molecule has 1 unspecified atom stereocenters. The SMILES string of the molecule is CCCN(C)C(C)CCC(=O)O. The lowest BCUT2D eigenvalue weighted by Crippen LogP contribution is -2.30. The summed E-state index contributed by atoms with van der Waals surface area (Å²) >= 11 is 0. The third kappa shape index (κ3) is 5.13. The van der Waals surface area contributed by atoms with Gasteiger partial charge in [-0.05, 0) is 33.4 Å². The van der Waals surface area contributed by atoms with Gasteiger partial charge in [0.05, 0.1) is 0 Å². The smallest absolute Gasteiger partial charge is 0.303 e. The third-order valence-electron chi connectivity index (χ3n) is 2.10. The first-order valence-corrected chi connectivity index (χ1v) is 4.50. The van der Waals surface area contributed by atoms with Crippen molar-refractivity contribution in [3.63, 3.8) is 0 Å². The molecule has 0 rings (SSSR count). The van der Waals surface area contributed by atoms with E-state index in [2.05, 4.69) is 18.7 Å². The molecular formula is C9H19NO2. The number of hydrogen-bond donors (Lipinski definition) is 1. The molecule has 0 aromatic rings. The molecule has 1 N–H and O–H groups in total. The Kier molecular flexibility index (Phi) is 5.72. The summed E-state index contributed by atoms with van der Waals surface area (Å²) in [6.07, 6.45) is 2.13. The first-order chi connectivity index (χ1) is 5.57. The molecule has 0 aliphatic rings. The van der Waals surface area contributed by atoms with Crippen LogP contribution in [-0.2, 0) is 4.79 Å². The van der Waals surface area contributed by atoms with Crippen LogP contribution in [0.3, 0.4) is 0 Å². The summed E-state index contributed by atoms with van der Waals surface area (Å²) in [6, 6.07) is 0.376. The van der Waals surface area contributed by atoms with Crippen molar-refractivity contribution in [1.82, 2.24) is 4.90 Å². The molecule has 0 fully saturated rings. The van der Waals surface area contributed by atoms with Crippen LogP contribution in [0.25, 0.3) is 0 Å². The molecule has 0 radical (unpaired) electrons. The molecule has 0 spiro atoms. The largest absolute Gasteiger partial charge is 0.481 e. The fourth-order valence-electron chi connectivity index (χ4n) is 1.13. The summed E-state index contributed by atoms with van der Waals surface area (Å²) in [5, 5.41) is 8.46. The summed E-state index contributed by atoms with van der Waals surface area (Å²) in [7, 11) is 2.04. The zero-order valence-corrected chi connectivity index (χ0v) is 8.21. The standard InChI is InChI=1S/C9H19NO2/c1-4-7-10(3)8(2)5-6-9(11)12/h8H,4-7H2,1-3H3,(H,11,12). The van der Waals surface area contributed by atoms with Crippen LogP contribution in [-0.4, -0.2) is 35.6 Å². The molecule has 1 atom stereocenters. The predicted molar refractivity (Wildman–Crippen MR) is 49.3 cm³/mol. The van der Waals surface area contributed by atoms with Gasteiger partial charge in [0.15, 0.2) is 0 Å². The Bertz CT molecular complexity index is 136. The van der Waals surface area contributed by atoms with Crippen LogP contribution in [0.4, 0.5) is 0 Å². The van der Waals surface area contributed by atoms with Crippen molar-refractivity contribution in [3.8, 4) is 0 Å². The van der Waals surface area contributed by atoms with Gasteiger partial charge in [-0.3, -0.25) is 4.79 Å². The molecule has 3 heteroatoms. The highest BCUT2D eigenvalue weighted by Crippen LogP contribution is 2.04. The molecule has 3 nitrogen and oxygen atoms in total. The van der Waals surface area contributed by atoms with E-state index in [4.69, 9.17) is 5.11 Å². The van der Waals surface area contributed by atoms with Gasteiger partial charge >= 0.3 is 5.97 Å². The number of aliphatic carboxylic acids is 1. The maximum absolute atomic E-state index is 10.3. The lowest BCUT2D eigenvalue weighted by Gasteiger charge is -2.23. The highest BCUT2D eigenvalue weighted by Gasteiger charge is 2.09. The summed E-state index contributed by atoms with van der Waals surface area (Å²) in [5.41, 5.74) is 0. The highest BCUT2D eigenvalue weighted by molar-refractivity contribution is 5.66. The van der Waals surface area contributed by atoms with E-state index in [1.54, 1.807) is 0 Å². The number of carboxylic acid groups (broad SMARTS) is 1. The Labute approximate surface area is 74.4 Å². The molecule has 0 amide bonds. The van der Waals surface area contributed by atoms with Crippen LogP contribution in [0.1, 0.15) is 33.1 Å². The highest BCUT2D eigenvalue weighted by atomic mass is 16.4. The number of carbonyl (C=O) groups is 1. The van der Waals surface area contributed by atoms with E-state index in [0.29, 0.717) is 6.04 Å². The molecule has 0 aromatic carbocycles. The van der Waals surface area contributed by atoms with Gasteiger partial charge in [0, 0.05) is 12.5 Å². The second-order valence-electron chi connectivity index (χ2n) is 3.26. The van der Waals surface area contributed by atoms with Crippen molar-refractivity contribution in [1.29, 1.82) is 0 Å². The molecule has 0 aliphatic heterocycles. The van der Waals surface area contributed by atoms with Gasteiger partial charge in [0.1, 0.15) is 0 Å². The molecule has 0 saturated carbocycles. The topological polar surface area (TPSA) is 40.5 Å². The number of hydrogen-bond acceptors (Lipinski definition) is 2. The van der Waals surface area contributed by atoms with Crippen LogP contribution in [0, 0.1) is 0 Å². The van der Waals surface area contributed by atoms with Crippen molar-refractivity contribution in [2.24, 2.45) is 0 Å². The zero-order valence-electron chi connectivity index (χ0n) is 8.21. The first-order valence-electron chi connectivity index (χ1n) is 4.50. The van der Waals surface area contributed by atoms with Gasteiger partial charge < -0.3 is 10.0 Å². The average Bonchev–Trinajstić information content (AvgIpc) is 2.00. The summed E-state index contributed by atoms with van der Waals surface area (Å²) in [4.78, 5) is 12.5. The van der Waals surface area contributed by atoms with Crippen molar-refractivity contribution < 1.29 is 9.90 Å². The summed E-state index contributed by atoms with van der Waals surface area (Å²) < 4.78 is 0. The molecule has 0 aromatic heterocycles. The average molecular weight is 173 g/mol.